The maximum absolute atomic E-state index is 10.2. The number of aliphatic hydroxyl groups is 1. The van der Waals surface area contributed by atoms with Crippen LogP contribution in [0.3, 0.4) is 0 Å². The molecule has 0 bridgehead atoms. The van der Waals surface area contributed by atoms with Crippen molar-refractivity contribution in [1.29, 1.82) is 0 Å². The number of hydrogen-bond donors (Lipinski definition) is 1. The minimum atomic E-state index is -0.269. The van der Waals surface area contributed by atoms with Gasteiger partial charge < -0.3 is 9.90 Å². The van der Waals surface area contributed by atoms with Crippen molar-refractivity contribution in [2.45, 2.75) is 39.2 Å². The van der Waals surface area contributed by atoms with Gasteiger partial charge in [-0.25, -0.2) is 0 Å². The van der Waals surface area contributed by atoms with E-state index in [2.05, 4.69) is 24.3 Å². The van der Waals surface area contributed by atoms with Crippen LogP contribution in [0.5, 0.6) is 0 Å². The summed E-state index contributed by atoms with van der Waals surface area (Å²) in [5, 5.41) is 9.41. The summed E-state index contributed by atoms with van der Waals surface area (Å²) in [5.41, 5.74) is 2.43. The number of aldehydes is 1. The van der Waals surface area contributed by atoms with Crippen LogP contribution < -0.4 is 0 Å². The number of aryl methyl sites for hydroxylation is 1. The fourth-order valence-electron chi connectivity index (χ4n) is 1.61. The van der Waals surface area contributed by atoms with Crippen molar-refractivity contribution in [2.75, 3.05) is 0 Å². The molecule has 0 heterocycles. The molecule has 88 valence electrons. The molecule has 0 amide bonds. The zero-order valence-electron chi connectivity index (χ0n) is 10.0. The first kappa shape index (κ1) is 12.9. The Labute approximate surface area is 97.3 Å². The molecule has 1 aromatic rings. The zero-order valence-corrected chi connectivity index (χ0v) is 10.0. The van der Waals surface area contributed by atoms with E-state index < -0.39 is 0 Å². The molecule has 0 aromatic heterocycles. The lowest BCUT2D eigenvalue weighted by molar-refractivity contribution is -0.107. The Hall–Kier alpha value is -1.15. The van der Waals surface area contributed by atoms with Crippen LogP contribution in [0.2, 0.25) is 0 Å². The minimum Gasteiger partial charge on any atom is -0.393 e. The van der Waals surface area contributed by atoms with Crippen molar-refractivity contribution in [3.8, 4) is 0 Å². The lowest BCUT2D eigenvalue weighted by Crippen LogP contribution is -2.15. The van der Waals surface area contributed by atoms with Gasteiger partial charge in [0.1, 0.15) is 6.29 Å². The summed E-state index contributed by atoms with van der Waals surface area (Å²) in [4.78, 5) is 10.2. The quantitative estimate of drug-likeness (QED) is 0.747. The first-order valence-corrected chi connectivity index (χ1v) is 5.83. The van der Waals surface area contributed by atoms with Gasteiger partial charge in [0.15, 0.2) is 0 Å². The summed E-state index contributed by atoms with van der Waals surface area (Å²) < 4.78 is 0. The van der Waals surface area contributed by atoms with Crippen molar-refractivity contribution < 1.29 is 9.90 Å². The van der Waals surface area contributed by atoms with Gasteiger partial charge in [0.25, 0.3) is 0 Å². The monoisotopic (exact) mass is 220 g/mol. The molecule has 1 rings (SSSR count). The van der Waals surface area contributed by atoms with Gasteiger partial charge in [-0.15, -0.1) is 0 Å². The van der Waals surface area contributed by atoms with Gasteiger partial charge in [0, 0.05) is 6.42 Å². The van der Waals surface area contributed by atoms with E-state index in [1.54, 1.807) is 0 Å². The third-order valence-corrected chi connectivity index (χ3v) is 2.96. The molecule has 0 aliphatic rings. The van der Waals surface area contributed by atoms with Crippen LogP contribution in [-0.2, 0) is 17.6 Å². The molecule has 1 aromatic carbocycles. The van der Waals surface area contributed by atoms with Crippen LogP contribution in [0.25, 0.3) is 0 Å². The highest BCUT2D eigenvalue weighted by Crippen LogP contribution is 2.13. The third-order valence-electron chi connectivity index (χ3n) is 2.96. The van der Waals surface area contributed by atoms with E-state index in [-0.39, 0.29) is 12.0 Å². The normalized spacial score (nSPS) is 14.4. The summed E-state index contributed by atoms with van der Waals surface area (Å²) in [6.45, 7) is 3.87. The van der Waals surface area contributed by atoms with Crippen molar-refractivity contribution in [3.63, 3.8) is 0 Å². The molecule has 2 heteroatoms. The lowest BCUT2D eigenvalue weighted by Gasteiger charge is -2.14. The van der Waals surface area contributed by atoms with Crippen LogP contribution in [0, 0.1) is 5.92 Å². The van der Waals surface area contributed by atoms with Gasteiger partial charge in [0.05, 0.1) is 6.10 Å². The largest absolute Gasteiger partial charge is 0.393 e. The number of benzene rings is 1. The van der Waals surface area contributed by atoms with E-state index in [1.807, 2.05) is 13.8 Å². The van der Waals surface area contributed by atoms with Crippen LogP contribution in [-0.4, -0.2) is 17.5 Å². The zero-order chi connectivity index (χ0) is 12.0. The van der Waals surface area contributed by atoms with E-state index in [4.69, 9.17) is 0 Å². The van der Waals surface area contributed by atoms with Crippen LogP contribution in [0.4, 0.5) is 0 Å². The summed E-state index contributed by atoms with van der Waals surface area (Å²) in [6.07, 6.45) is 2.98. The van der Waals surface area contributed by atoms with E-state index in [1.165, 1.54) is 11.1 Å². The standard InChI is InChI=1S/C14H20O2/c1-11(12(2)16)10-14-7-5-13(6-8-14)4-3-9-15/h5-9,11-12,16H,3-4,10H2,1-2H3. The Morgan fingerprint density at radius 2 is 1.75 bits per heavy atom. The van der Waals surface area contributed by atoms with E-state index >= 15 is 0 Å². The molecule has 0 saturated heterocycles. The summed E-state index contributed by atoms with van der Waals surface area (Å²) in [6, 6.07) is 8.29. The summed E-state index contributed by atoms with van der Waals surface area (Å²) in [5.74, 6) is 0.279. The van der Waals surface area contributed by atoms with Gasteiger partial charge in [-0.05, 0) is 36.8 Å². The second-order valence-corrected chi connectivity index (χ2v) is 4.44. The number of aliphatic hydroxyl groups excluding tert-OH is 1. The molecule has 1 N–H and O–H groups in total. The second-order valence-electron chi connectivity index (χ2n) is 4.44. The van der Waals surface area contributed by atoms with Crippen LogP contribution in [0.15, 0.2) is 24.3 Å². The highest BCUT2D eigenvalue weighted by Gasteiger charge is 2.09. The molecular formula is C14H20O2. The van der Waals surface area contributed by atoms with Crippen molar-refractivity contribution in [1.82, 2.24) is 0 Å². The average Bonchev–Trinajstić information content (AvgIpc) is 2.28. The second kappa shape index (κ2) is 6.44. The molecule has 0 aliphatic carbocycles. The molecule has 2 atom stereocenters. The van der Waals surface area contributed by atoms with E-state index in [9.17, 15) is 9.90 Å². The maximum atomic E-state index is 10.2. The molecule has 0 spiro atoms. The molecule has 0 radical (unpaired) electrons. The van der Waals surface area contributed by atoms with Gasteiger partial charge in [-0.1, -0.05) is 31.2 Å². The fraction of sp³-hybridized carbons (Fsp3) is 0.500. The average molecular weight is 220 g/mol. The number of carbonyl (C=O) groups is 1. The van der Waals surface area contributed by atoms with Gasteiger partial charge in [-0.3, -0.25) is 0 Å². The van der Waals surface area contributed by atoms with Crippen LogP contribution in [0.1, 0.15) is 31.4 Å². The molecule has 2 nitrogen and oxygen atoms in total. The molecule has 0 aliphatic heterocycles. The highest BCUT2D eigenvalue weighted by atomic mass is 16.3. The van der Waals surface area contributed by atoms with Gasteiger partial charge in [0.2, 0.25) is 0 Å². The minimum absolute atomic E-state index is 0.269. The molecule has 0 saturated carbocycles. The number of carbonyl (C=O) groups excluding carboxylic acids is 1. The van der Waals surface area contributed by atoms with Crippen LogP contribution >= 0.6 is 0 Å². The van der Waals surface area contributed by atoms with Crippen molar-refractivity contribution in [2.24, 2.45) is 5.92 Å². The molecule has 2 unspecified atom stereocenters. The molecule has 0 fully saturated rings. The Bertz CT molecular complexity index is 314. The summed E-state index contributed by atoms with van der Waals surface area (Å²) in [7, 11) is 0. The van der Waals surface area contributed by atoms with Gasteiger partial charge >= 0.3 is 0 Å². The van der Waals surface area contributed by atoms with Crippen molar-refractivity contribution >= 4 is 6.29 Å². The van der Waals surface area contributed by atoms with Crippen molar-refractivity contribution in [3.05, 3.63) is 35.4 Å². The predicted molar refractivity (Wildman–Crippen MR) is 65.4 cm³/mol. The number of hydrogen-bond acceptors (Lipinski definition) is 2. The Kier molecular flexibility index (Phi) is 5.20. The molecular weight excluding hydrogens is 200 g/mol. The number of rotatable bonds is 6. The van der Waals surface area contributed by atoms with Gasteiger partial charge in [-0.2, -0.15) is 0 Å². The third kappa shape index (κ3) is 4.15. The first-order valence-electron chi connectivity index (χ1n) is 5.83. The fourth-order valence-corrected chi connectivity index (χ4v) is 1.61. The predicted octanol–water partition coefficient (Wildman–Crippen LogP) is 2.38. The Morgan fingerprint density at radius 3 is 2.25 bits per heavy atom. The smallest absolute Gasteiger partial charge is 0.120 e. The summed E-state index contributed by atoms with van der Waals surface area (Å²) >= 11 is 0. The topological polar surface area (TPSA) is 37.3 Å². The highest BCUT2D eigenvalue weighted by molar-refractivity contribution is 5.50. The lowest BCUT2D eigenvalue weighted by atomic mass is 9.96. The molecule has 16 heavy (non-hydrogen) atoms. The first-order chi connectivity index (χ1) is 7.63. The Balaban J connectivity index is 2.54. The van der Waals surface area contributed by atoms with E-state index in [0.29, 0.717) is 6.42 Å². The Morgan fingerprint density at radius 1 is 1.19 bits per heavy atom. The maximum Gasteiger partial charge on any atom is 0.120 e. The van der Waals surface area contributed by atoms with E-state index in [0.717, 1.165) is 19.1 Å². The SMILES string of the molecule is CC(O)C(C)Cc1ccc(CCC=O)cc1.